The molecule has 1 saturated carbocycles. The maximum atomic E-state index is 12.8. The number of aromatic nitrogens is 2. The average Bonchev–Trinajstić information content (AvgIpc) is 3.24. The minimum atomic E-state index is -2.21. The van der Waals surface area contributed by atoms with Crippen LogP contribution in [0.15, 0.2) is 12.5 Å². The molecule has 180 valence electrons. The number of aromatic amines is 1. The van der Waals surface area contributed by atoms with E-state index in [4.69, 9.17) is 5.73 Å². The molecule has 2 amide bonds. The molecule has 0 radical (unpaired) electrons. The van der Waals surface area contributed by atoms with Gasteiger partial charge in [-0.1, -0.05) is 26.7 Å². The number of rotatable bonds is 12. The fraction of sp³-hybridized carbons (Fsp3) is 0.762. The lowest BCUT2D eigenvalue weighted by Gasteiger charge is -2.36. The van der Waals surface area contributed by atoms with Gasteiger partial charge in [0.15, 0.2) is 11.9 Å². The second-order valence-corrected chi connectivity index (χ2v) is 10.1. The van der Waals surface area contributed by atoms with Gasteiger partial charge >= 0.3 is 8.03 Å². The van der Waals surface area contributed by atoms with Crippen LogP contribution in [-0.4, -0.2) is 56.3 Å². The molecule has 1 aromatic rings. The van der Waals surface area contributed by atoms with Crippen LogP contribution in [-0.2, 0) is 20.6 Å². The molecule has 1 aliphatic rings. The van der Waals surface area contributed by atoms with E-state index < -0.39 is 25.7 Å². The summed E-state index contributed by atoms with van der Waals surface area (Å²) in [6, 6.07) is -0.898. The molecule has 0 bridgehead atoms. The number of amides is 2. The molecule has 0 spiro atoms. The Hall–Kier alpha value is -1.87. The van der Waals surface area contributed by atoms with E-state index in [2.05, 4.69) is 20.6 Å². The smallest absolute Gasteiger partial charge is 0.369 e. The highest BCUT2D eigenvalue weighted by atomic mass is 31.1. The highest BCUT2D eigenvalue weighted by Gasteiger charge is 2.37. The number of hydrogen-bond donors (Lipinski definition) is 6. The van der Waals surface area contributed by atoms with Crippen molar-refractivity contribution in [3.05, 3.63) is 18.2 Å². The van der Waals surface area contributed by atoms with Gasteiger partial charge in [0.05, 0.1) is 18.9 Å². The third kappa shape index (κ3) is 8.58. The van der Waals surface area contributed by atoms with Crippen molar-refractivity contribution in [2.24, 2.45) is 23.5 Å². The number of nitrogens with zero attached hydrogens (tertiary/aromatic N) is 1. The van der Waals surface area contributed by atoms with Gasteiger partial charge in [0.2, 0.25) is 11.8 Å². The van der Waals surface area contributed by atoms with Crippen LogP contribution in [0.25, 0.3) is 0 Å². The number of aliphatic hydroxyl groups is 1. The summed E-state index contributed by atoms with van der Waals surface area (Å²) in [4.78, 5) is 41.1. The van der Waals surface area contributed by atoms with Gasteiger partial charge in [-0.25, -0.2) is 4.98 Å². The molecule has 0 saturated heterocycles. The van der Waals surface area contributed by atoms with Crippen molar-refractivity contribution in [2.75, 3.05) is 12.7 Å². The fourth-order valence-electron chi connectivity index (χ4n) is 4.26. The Morgan fingerprint density at radius 1 is 1.38 bits per heavy atom. The second-order valence-electron chi connectivity index (χ2n) is 9.07. The largest absolute Gasteiger partial charge is 0.505 e. The first-order chi connectivity index (χ1) is 15.1. The van der Waals surface area contributed by atoms with E-state index in [0.717, 1.165) is 19.3 Å². The van der Waals surface area contributed by atoms with E-state index in [1.165, 1.54) is 6.33 Å². The van der Waals surface area contributed by atoms with Gasteiger partial charge in [-0.15, -0.1) is 0 Å². The molecule has 11 heteroatoms. The van der Waals surface area contributed by atoms with Crippen molar-refractivity contribution in [3.63, 3.8) is 0 Å². The Balaban J connectivity index is 2.06. The number of nitrogens with one attached hydrogen (secondary N) is 3. The van der Waals surface area contributed by atoms with Crippen molar-refractivity contribution < 1.29 is 24.2 Å². The Morgan fingerprint density at radius 2 is 2.09 bits per heavy atom. The number of imidazole rings is 1. The van der Waals surface area contributed by atoms with Crippen LogP contribution in [0.1, 0.15) is 58.1 Å². The summed E-state index contributed by atoms with van der Waals surface area (Å²) in [6.45, 7) is 3.57. The Bertz CT molecular complexity index is 762. The lowest BCUT2D eigenvalue weighted by Crippen LogP contribution is -2.60. The van der Waals surface area contributed by atoms with E-state index in [1.807, 2.05) is 6.92 Å². The van der Waals surface area contributed by atoms with Gasteiger partial charge in [0, 0.05) is 30.1 Å². The molecule has 1 aromatic heterocycles. The molecule has 1 heterocycles. The van der Waals surface area contributed by atoms with Crippen molar-refractivity contribution in [1.29, 1.82) is 0 Å². The Morgan fingerprint density at radius 3 is 2.72 bits per heavy atom. The number of hydrogen-bond acceptors (Lipinski definition) is 6. The molecule has 0 aliphatic heterocycles. The van der Waals surface area contributed by atoms with Crippen LogP contribution >= 0.6 is 8.03 Å². The summed E-state index contributed by atoms with van der Waals surface area (Å²) in [6.07, 6.45) is 7.76. The standard InChI is InChI=1S/C21H36N5O5P/c1-3-14(2)19(27)24-12-21(29,9-15-5-4-6-16(7-15)11-32(30)31)26-20(28)18(22)8-17-10-23-13-25-17/h10,13-16,18,29H,3-9,11-12,22H2,1-2H3,(H3-,23,24,25,26,27,28,30,31)/p+1/t14?,15?,16?,18-,21-/m0/s1. The summed E-state index contributed by atoms with van der Waals surface area (Å²) < 4.78 is 11.3. The summed E-state index contributed by atoms with van der Waals surface area (Å²) >= 11 is 0. The maximum Gasteiger partial charge on any atom is 0.505 e. The second kappa shape index (κ2) is 12.4. The van der Waals surface area contributed by atoms with Crippen molar-refractivity contribution in [2.45, 2.75) is 70.6 Å². The molecular formula is C21H37N5O5P+. The Kier molecular flexibility index (Phi) is 10.2. The van der Waals surface area contributed by atoms with Crippen LogP contribution in [0.2, 0.25) is 0 Å². The van der Waals surface area contributed by atoms with Crippen molar-refractivity contribution >= 4 is 19.8 Å². The van der Waals surface area contributed by atoms with E-state index in [0.29, 0.717) is 18.5 Å². The highest BCUT2D eigenvalue weighted by Crippen LogP contribution is 2.37. The lowest BCUT2D eigenvalue weighted by molar-refractivity contribution is -0.134. The monoisotopic (exact) mass is 470 g/mol. The minimum Gasteiger partial charge on any atom is -0.369 e. The predicted octanol–water partition coefficient (Wildman–Crippen LogP) is 1.18. The number of carbonyl (C=O) groups excluding carboxylic acids is 2. The van der Waals surface area contributed by atoms with Crippen LogP contribution in [0.4, 0.5) is 0 Å². The first-order valence-electron chi connectivity index (χ1n) is 11.3. The van der Waals surface area contributed by atoms with Gasteiger partial charge in [-0.2, -0.15) is 4.89 Å². The van der Waals surface area contributed by atoms with Crippen LogP contribution in [0, 0.1) is 17.8 Å². The highest BCUT2D eigenvalue weighted by molar-refractivity contribution is 7.38. The molecule has 1 fully saturated rings. The molecule has 2 rings (SSSR count). The third-order valence-electron chi connectivity index (χ3n) is 6.23. The summed E-state index contributed by atoms with van der Waals surface area (Å²) in [5, 5.41) is 16.8. The van der Waals surface area contributed by atoms with Gasteiger partial charge < -0.3 is 26.5 Å². The number of nitrogens with two attached hydrogens (primary N) is 1. The molecule has 10 nitrogen and oxygen atoms in total. The first-order valence-corrected chi connectivity index (χ1v) is 12.7. The fourth-order valence-corrected chi connectivity index (χ4v) is 5.03. The summed E-state index contributed by atoms with van der Waals surface area (Å²) in [5.74, 6) is -0.762. The quantitative estimate of drug-likeness (QED) is 0.197. The van der Waals surface area contributed by atoms with Crippen LogP contribution in [0.5, 0.6) is 0 Å². The maximum absolute atomic E-state index is 12.8. The summed E-state index contributed by atoms with van der Waals surface area (Å²) in [5.41, 5.74) is 5.07. The van der Waals surface area contributed by atoms with E-state index in [1.54, 1.807) is 13.1 Å². The topological polar surface area (TPSA) is 170 Å². The normalized spacial score (nSPS) is 23.0. The minimum absolute atomic E-state index is 0.0540. The van der Waals surface area contributed by atoms with Crippen LogP contribution < -0.4 is 16.4 Å². The molecular weight excluding hydrogens is 433 g/mol. The van der Waals surface area contributed by atoms with E-state index >= 15 is 0 Å². The zero-order valence-electron chi connectivity index (χ0n) is 18.9. The zero-order valence-corrected chi connectivity index (χ0v) is 19.8. The van der Waals surface area contributed by atoms with Gasteiger partial charge in [0.1, 0.15) is 0 Å². The first kappa shape index (κ1) is 26.4. The van der Waals surface area contributed by atoms with E-state index in [9.17, 15) is 24.2 Å². The van der Waals surface area contributed by atoms with E-state index in [-0.39, 0.29) is 49.2 Å². The molecule has 1 aliphatic carbocycles. The Labute approximate surface area is 190 Å². The predicted molar refractivity (Wildman–Crippen MR) is 121 cm³/mol. The summed E-state index contributed by atoms with van der Waals surface area (Å²) in [7, 11) is -2.21. The number of carbonyl (C=O) groups is 2. The number of H-pyrrole nitrogens is 1. The molecule has 4 unspecified atom stereocenters. The van der Waals surface area contributed by atoms with Gasteiger partial charge in [-0.05, 0) is 36.2 Å². The van der Waals surface area contributed by atoms with Gasteiger partial charge in [0.25, 0.3) is 0 Å². The molecule has 32 heavy (non-hydrogen) atoms. The van der Waals surface area contributed by atoms with Gasteiger partial charge in [-0.3, -0.25) is 9.59 Å². The molecule has 6 atom stereocenters. The lowest BCUT2D eigenvalue weighted by atomic mass is 9.78. The SMILES string of the molecule is CCC(C)C(=O)NC[C@@](O)(CC1CCCC(C[P+](=O)O)C1)NC(=O)[C@@H](N)Cc1cnc[nH]1. The molecule has 7 N–H and O–H groups in total. The molecule has 0 aromatic carbocycles. The van der Waals surface area contributed by atoms with Crippen molar-refractivity contribution in [1.82, 2.24) is 20.6 Å². The third-order valence-corrected chi connectivity index (χ3v) is 7.06. The van der Waals surface area contributed by atoms with Crippen molar-refractivity contribution in [3.8, 4) is 0 Å². The van der Waals surface area contributed by atoms with Crippen LogP contribution in [0.3, 0.4) is 0 Å². The average molecular weight is 471 g/mol. The zero-order chi connectivity index (χ0) is 23.7.